The Morgan fingerprint density at radius 1 is 1.09 bits per heavy atom. The van der Waals surface area contributed by atoms with Crippen LogP contribution in [0.15, 0.2) is 48.5 Å². The normalized spacial score (nSPS) is 22.4. The van der Waals surface area contributed by atoms with E-state index in [2.05, 4.69) is 17.4 Å². The first-order chi connectivity index (χ1) is 16.5. The summed E-state index contributed by atoms with van der Waals surface area (Å²) in [6.07, 6.45) is 0.319. The minimum absolute atomic E-state index is 0.0134. The molecule has 178 valence electrons. The number of morpholine rings is 1. The van der Waals surface area contributed by atoms with Crippen molar-refractivity contribution in [3.05, 3.63) is 59.7 Å². The van der Waals surface area contributed by atoms with Gasteiger partial charge in [-0.2, -0.15) is 0 Å². The molecule has 1 saturated carbocycles. The molecule has 34 heavy (non-hydrogen) atoms. The number of rotatable bonds is 6. The van der Waals surface area contributed by atoms with E-state index in [1.165, 1.54) is 4.90 Å². The fourth-order valence-electron chi connectivity index (χ4n) is 5.16. The van der Waals surface area contributed by atoms with E-state index >= 15 is 0 Å². The van der Waals surface area contributed by atoms with Crippen molar-refractivity contribution in [3.63, 3.8) is 0 Å². The van der Waals surface area contributed by atoms with Crippen molar-refractivity contribution in [1.82, 2.24) is 10.2 Å². The molecule has 1 saturated heterocycles. The highest BCUT2D eigenvalue weighted by Crippen LogP contribution is 2.44. The van der Waals surface area contributed by atoms with Crippen LogP contribution in [0.3, 0.4) is 0 Å². The number of hydrogen-bond acceptors (Lipinski definition) is 5. The summed E-state index contributed by atoms with van der Waals surface area (Å²) in [6, 6.07) is 14.3. The van der Waals surface area contributed by atoms with Gasteiger partial charge in [0.1, 0.15) is 12.6 Å². The minimum Gasteiger partial charge on any atom is -0.480 e. The maximum atomic E-state index is 13.3. The highest BCUT2D eigenvalue weighted by Gasteiger charge is 2.45. The lowest BCUT2D eigenvalue weighted by molar-refractivity contribution is -0.166. The van der Waals surface area contributed by atoms with Gasteiger partial charge in [0.25, 0.3) is 0 Å². The summed E-state index contributed by atoms with van der Waals surface area (Å²) in [5, 5.41) is 12.4. The monoisotopic (exact) mass is 464 g/mol. The SMILES string of the molecule is CC1OCCN(C(=O)C(NC(=O)OCC2c3ccccc3-c3ccccc32)C2CC2)C1C(=O)O. The van der Waals surface area contributed by atoms with E-state index in [9.17, 15) is 19.5 Å². The number of ether oxygens (including phenoxy) is 2. The number of aliphatic carboxylic acids is 1. The molecular weight excluding hydrogens is 436 g/mol. The van der Waals surface area contributed by atoms with Gasteiger partial charge < -0.3 is 24.8 Å². The van der Waals surface area contributed by atoms with Crippen LogP contribution in [-0.2, 0) is 19.1 Å². The van der Waals surface area contributed by atoms with Gasteiger partial charge in [-0.05, 0) is 47.9 Å². The first kappa shape index (κ1) is 22.4. The van der Waals surface area contributed by atoms with Crippen LogP contribution >= 0.6 is 0 Å². The zero-order chi connectivity index (χ0) is 23.8. The number of benzene rings is 2. The van der Waals surface area contributed by atoms with Crippen molar-refractivity contribution < 1.29 is 29.0 Å². The van der Waals surface area contributed by atoms with Crippen LogP contribution < -0.4 is 5.32 Å². The maximum absolute atomic E-state index is 13.3. The summed E-state index contributed by atoms with van der Waals surface area (Å²) in [5.41, 5.74) is 4.49. The fourth-order valence-corrected chi connectivity index (χ4v) is 5.16. The van der Waals surface area contributed by atoms with Crippen LogP contribution in [0.2, 0.25) is 0 Å². The van der Waals surface area contributed by atoms with Crippen LogP contribution in [0, 0.1) is 5.92 Å². The molecule has 0 aromatic heterocycles. The van der Waals surface area contributed by atoms with E-state index in [0.29, 0.717) is 0 Å². The predicted molar refractivity (Wildman–Crippen MR) is 123 cm³/mol. The molecule has 2 aromatic carbocycles. The quantitative estimate of drug-likeness (QED) is 0.681. The van der Waals surface area contributed by atoms with Crippen molar-refractivity contribution in [1.29, 1.82) is 0 Å². The van der Waals surface area contributed by atoms with Gasteiger partial charge in [0.05, 0.1) is 12.7 Å². The van der Waals surface area contributed by atoms with E-state index in [4.69, 9.17) is 9.47 Å². The molecule has 2 N–H and O–H groups in total. The van der Waals surface area contributed by atoms with Crippen molar-refractivity contribution >= 4 is 18.0 Å². The third-order valence-electron chi connectivity index (χ3n) is 7.01. The molecule has 2 aromatic rings. The molecular formula is C26H28N2O6. The molecule has 3 aliphatic rings. The second kappa shape index (κ2) is 9.10. The third kappa shape index (κ3) is 4.14. The fraction of sp³-hybridized carbons (Fsp3) is 0.423. The molecule has 1 heterocycles. The Labute approximate surface area is 197 Å². The van der Waals surface area contributed by atoms with E-state index in [0.717, 1.165) is 35.1 Å². The number of nitrogens with one attached hydrogen (secondary N) is 1. The summed E-state index contributed by atoms with van der Waals surface area (Å²) < 4.78 is 11.1. The van der Waals surface area contributed by atoms with Gasteiger partial charge in [-0.15, -0.1) is 0 Å². The molecule has 2 amide bonds. The standard InChI is InChI=1S/C26H28N2O6/c1-15-23(25(30)31)28(12-13-33-15)24(29)22(16-10-11-16)27-26(32)34-14-21-19-8-4-2-6-17(19)18-7-3-5-9-20(18)21/h2-9,15-16,21-23H,10-14H2,1H3,(H,27,32)(H,30,31). The minimum atomic E-state index is -1.11. The van der Waals surface area contributed by atoms with Gasteiger partial charge in [-0.3, -0.25) is 4.79 Å². The number of hydrogen-bond donors (Lipinski definition) is 2. The number of carboxylic acids is 1. The number of alkyl carbamates (subject to hydrolysis) is 1. The lowest BCUT2D eigenvalue weighted by Gasteiger charge is -2.39. The molecule has 8 heteroatoms. The molecule has 3 unspecified atom stereocenters. The summed E-state index contributed by atoms with van der Waals surface area (Å²) in [7, 11) is 0. The molecule has 3 atom stereocenters. The van der Waals surface area contributed by atoms with E-state index in [-0.39, 0.29) is 31.6 Å². The summed E-state index contributed by atoms with van der Waals surface area (Å²) in [6.45, 7) is 2.23. The molecule has 5 rings (SSSR count). The van der Waals surface area contributed by atoms with E-state index in [1.54, 1.807) is 6.92 Å². The van der Waals surface area contributed by atoms with Gasteiger partial charge in [0.2, 0.25) is 5.91 Å². The number of amides is 2. The number of fused-ring (bicyclic) bond motifs is 3. The van der Waals surface area contributed by atoms with Gasteiger partial charge >= 0.3 is 12.1 Å². The average Bonchev–Trinajstić information content (AvgIpc) is 3.63. The molecule has 2 fully saturated rings. The largest absolute Gasteiger partial charge is 0.480 e. The van der Waals surface area contributed by atoms with Crippen LogP contribution in [0.4, 0.5) is 4.79 Å². The molecule has 1 aliphatic heterocycles. The Bertz CT molecular complexity index is 1070. The zero-order valence-corrected chi connectivity index (χ0v) is 19.0. The summed E-state index contributed by atoms with van der Waals surface area (Å²) >= 11 is 0. The second-order valence-electron chi connectivity index (χ2n) is 9.18. The van der Waals surface area contributed by atoms with Crippen molar-refractivity contribution in [2.24, 2.45) is 5.92 Å². The Hall–Kier alpha value is -3.39. The third-order valence-corrected chi connectivity index (χ3v) is 7.01. The predicted octanol–water partition coefficient (Wildman–Crippen LogP) is 3.00. The topological polar surface area (TPSA) is 105 Å². The van der Waals surface area contributed by atoms with Gasteiger partial charge in [-0.25, -0.2) is 9.59 Å². The molecule has 0 radical (unpaired) electrons. The Morgan fingerprint density at radius 2 is 1.71 bits per heavy atom. The number of carbonyl (C=O) groups excluding carboxylic acids is 2. The summed E-state index contributed by atoms with van der Waals surface area (Å²) in [4.78, 5) is 39.2. The lowest BCUT2D eigenvalue weighted by atomic mass is 9.98. The van der Waals surface area contributed by atoms with Crippen LogP contribution in [-0.4, -0.2) is 65.9 Å². The van der Waals surface area contributed by atoms with Gasteiger partial charge in [-0.1, -0.05) is 48.5 Å². The highest BCUT2D eigenvalue weighted by molar-refractivity contribution is 5.90. The second-order valence-corrected chi connectivity index (χ2v) is 9.18. The van der Waals surface area contributed by atoms with E-state index < -0.39 is 36.2 Å². The number of carbonyl (C=O) groups is 3. The van der Waals surface area contributed by atoms with Crippen LogP contribution in [0.25, 0.3) is 11.1 Å². The smallest absolute Gasteiger partial charge is 0.407 e. The molecule has 0 spiro atoms. The Kier molecular flexibility index (Phi) is 6.00. The Balaban J connectivity index is 1.27. The summed E-state index contributed by atoms with van der Waals surface area (Å²) in [5.74, 6) is -1.60. The number of nitrogens with zero attached hydrogens (tertiary/aromatic N) is 1. The highest BCUT2D eigenvalue weighted by atomic mass is 16.5. The first-order valence-electron chi connectivity index (χ1n) is 11.7. The number of carboxylic acid groups (broad SMARTS) is 1. The average molecular weight is 465 g/mol. The van der Waals surface area contributed by atoms with E-state index in [1.807, 2.05) is 36.4 Å². The van der Waals surface area contributed by atoms with Gasteiger partial charge in [0, 0.05) is 12.5 Å². The van der Waals surface area contributed by atoms with Crippen LogP contribution in [0.1, 0.15) is 36.8 Å². The van der Waals surface area contributed by atoms with Gasteiger partial charge in [0.15, 0.2) is 6.04 Å². The molecule has 0 bridgehead atoms. The Morgan fingerprint density at radius 3 is 2.29 bits per heavy atom. The lowest BCUT2D eigenvalue weighted by Crippen LogP contribution is -2.61. The molecule has 2 aliphatic carbocycles. The first-order valence-corrected chi connectivity index (χ1v) is 11.7. The van der Waals surface area contributed by atoms with Crippen molar-refractivity contribution in [2.75, 3.05) is 19.8 Å². The van der Waals surface area contributed by atoms with Crippen LogP contribution in [0.5, 0.6) is 0 Å². The van der Waals surface area contributed by atoms with Crippen molar-refractivity contribution in [3.8, 4) is 11.1 Å². The maximum Gasteiger partial charge on any atom is 0.407 e. The van der Waals surface area contributed by atoms with Crippen molar-refractivity contribution in [2.45, 2.75) is 43.9 Å². The zero-order valence-electron chi connectivity index (χ0n) is 19.0. The molecule has 8 nitrogen and oxygen atoms in total.